The van der Waals surface area contributed by atoms with Crippen LogP contribution in [-0.2, 0) is 19.6 Å². The van der Waals surface area contributed by atoms with Crippen LogP contribution in [0.5, 0.6) is 0 Å². The largest absolute Gasteiger partial charge is 0.421 e. The SMILES string of the molecule is Cc1nnc(-c2cccc(S(=O)(=O)N[C@@H](C(N)=O)C(=O)N3CCN(C)CC3)c2)o1. The number of hydrogen-bond acceptors (Lipinski definition) is 8. The zero-order valence-electron chi connectivity index (χ0n) is 16.0. The van der Waals surface area contributed by atoms with E-state index < -0.39 is 27.9 Å². The number of piperazine rings is 1. The highest BCUT2D eigenvalue weighted by atomic mass is 32.2. The highest BCUT2D eigenvalue weighted by Crippen LogP contribution is 2.21. The van der Waals surface area contributed by atoms with E-state index in [1.807, 2.05) is 11.9 Å². The summed E-state index contributed by atoms with van der Waals surface area (Å²) in [4.78, 5) is 27.8. The van der Waals surface area contributed by atoms with Crippen LogP contribution in [0.15, 0.2) is 33.6 Å². The molecular weight excluding hydrogens is 400 g/mol. The van der Waals surface area contributed by atoms with Gasteiger partial charge in [0, 0.05) is 38.7 Å². The second-order valence-corrected chi connectivity index (χ2v) is 8.45. The minimum absolute atomic E-state index is 0.152. The Hall–Kier alpha value is -2.83. The molecule has 1 aromatic carbocycles. The Balaban J connectivity index is 1.82. The molecule has 3 rings (SSSR count). The van der Waals surface area contributed by atoms with Gasteiger partial charge in [-0.25, -0.2) is 8.42 Å². The van der Waals surface area contributed by atoms with Crippen molar-refractivity contribution in [2.24, 2.45) is 5.73 Å². The highest BCUT2D eigenvalue weighted by molar-refractivity contribution is 7.89. The van der Waals surface area contributed by atoms with E-state index in [2.05, 4.69) is 14.9 Å². The third-order valence-electron chi connectivity index (χ3n) is 4.54. The molecule has 156 valence electrons. The molecule has 1 atom stereocenters. The predicted molar refractivity (Wildman–Crippen MR) is 102 cm³/mol. The number of nitrogens with two attached hydrogens (primary N) is 1. The third-order valence-corrected chi connectivity index (χ3v) is 5.96. The Labute approximate surface area is 167 Å². The molecule has 1 fully saturated rings. The van der Waals surface area contributed by atoms with Gasteiger partial charge < -0.3 is 20.0 Å². The molecule has 0 spiro atoms. The summed E-state index contributed by atoms with van der Waals surface area (Å²) < 4.78 is 33.1. The zero-order chi connectivity index (χ0) is 21.2. The summed E-state index contributed by atoms with van der Waals surface area (Å²) in [6, 6.07) is 4.04. The second-order valence-electron chi connectivity index (χ2n) is 6.74. The molecular formula is C17H22N6O5S. The van der Waals surface area contributed by atoms with Crippen molar-refractivity contribution in [2.45, 2.75) is 17.9 Å². The molecule has 3 N–H and O–H groups in total. The van der Waals surface area contributed by atoms with Gasteiger partial charge in [-0.3, -0.25) is 9.59 Å². The van der Waals surface area contributed by atoms with Crippen LogP contribution < -0.4 is 10.5 Å². The summed E-state index contributed by atoms with van der Waals surface area (Å²) in [5.41, 5.74) is 5.71. The van der Waals surface area contributed by atoms with Gasteiger partial charge in [0.05, 0.1) is 4.90 Å². The Kier molecular flexibility index (Phi) is 5.96. The number of rotatable bonds is 6. The van der Waals surface area contributed by atoms with Gasteiger partial charge in [-0.2, -0.15) is 4.72 Å². The number of carbonyl (C=O) groups excluding carboxylic acids is 2. The first kappa shape index (κ1) is 20.9. The molecule has 2 heterocycles. The number of aromatic nitrogens is 2. The van der Waals surface area contributed by atoms with Gasteiger partial charge >= 0.3 is 0 Å². The van der Waals surface area contributed by atoms with Crippen molar-refractivity contribution in [2.75, 3.05) is 33.2 Å². The number of nitrogens with one attached hydrogen (secondary N) is 1. The van der Waals surface area contributed by atoms with Crippen molar-refractivity contribution < 1.29 is 22.4 Å². The third kappa shape index (κ3) is 4.78. The summed E-state index contributed by atoms with van der Waals surface area (Å²) >= 11 is 0. The van der Waals surface area contributed by atoms with Crippen LogP contribution >= 0.6 is 0 Å². The average Bonchev–Trinajstić information content (AvgIpc) is 3.12. The lowest BCUT2D eigenvalue weighted by Gasteiger charge is -2.34. The quantitative estimate of drug-likeness (QED) is 0.560. The fourth-order valence-electron chi connectivity index (χ4n) is 2.87. The molecule has 0 bridgehead atoms. The van der Waals surface area contributed by atoms with E-state index in [-0.39, 0.29) is 10.8 Å². The topological polar surface area (TPSA) is 152 Å². The molecule has 2 aromatic rings. The zero-order valence-corrected chi connectivity index (χ0v) is 16.8. The summed E-state index contributed by atoms with van der Waals surface area (Å²) in [7, 11) is -2.31. The molecule has 1 aliphatic rings. The van der Waals surface area contributed by atoms with Crippen LogP contribution in [0.1, 0.15) is 5.89 Å². The highest BCUT2D eigenvalue weighted by Gasteiger charge is 2.34. The summed E-state index contributed by atoms with van der Waals surface area (Å²) in [6.07, 6.45) is 0. The summed E-state index contributed by atoms with van der Waals surface area (Å²) in [5.74, 6) is -1.25. The molecule has 1 aliphatic heterocycles. The van der Waals surface area contributed by atoms with Gasteiger partial charge in [0.15, 0.2) is 6.04 Å². The van der Waals surface area contributed by atoms with Crippen LogP contribution in [-0.4, -0.2) is 79.5 Å². The van der Waals surface area contributed by atoms with Crippen molar-refractivity contribution >= 4 is 21.8 Å². The van der Waals surface area contributed by atoms with Crippen LogP contribution in [0.4, 0.5) is 0 Å². The fourth-order valence-corrected chi connectivity index (χ4v) is 4.08. The Morgan fingerprint density at radius 2 is 1.90 bits per heavy atom. The first-order chi connectivity index (χ1) is 13.7. The van der Waals surface area contributed by atoms with E-state index in [9.17, 15) is 18.0 Å². The summed E-state index contributed by atoms with van der Waals surface area (Å²) in [6.45, 7) is 3.62. The summed E-state index contributed by atoms with van der Waals surface area (Å²) in [5, 5.41) is 7.56. The van der Waals surface area contributed by atoms with Crippen molar-refractivity contribution in [3.05, 3.63) is 30.2 Å². The normalized spacial score (nSPS) is 16.6. The van der Waals surface area contributed by atoms with Crippen LogP contribution in [0.2, 0.25) is 0 Å². The van der Waals surface area contributed by atoms with Gasteiger partial charge in [-0.05, 0) is 25.2 Å². The molecule has 11 nitrogen and oxygen atoms in total. The maximum Gasteiger partial charge on any atom is 0.250 e. The maximum atomic E-state index is 12.8. The Morgan fingerprint density at radius 1 is 1.21 bits per heavy atom. The van der Waals surface area contributed by atoms with Crippen molar-refractivity contribution in [1.29, 1.82) is 0 Å². The number of sulfonamides is 1. The first-order valence-electron chi connectivity index (χ1n) is 8.87. The van der Waals surface area contributed by atoms with Crippen LogP contribution in [0.3, 0.4) is 0 Å². The molecule has 12 heteroatoms. The molecule has 0 unspecified atom stereocenters. The molecule has 1 aromatic heterocycles. The fraction of sp³-hybridized carbons (Fsp3) is 0.412. The van der Waals surface area contributed by atoms with E-state index in [0.717, 1.165) is 0 Å². The van der Waals surface area contributed by atoms with Crippen molar-refractivity contribution in [3.63, 3.8) is 0 Å². The van der Waals surface area contributed by atoms with Crippen molar-refractivity contribution in [1.82, 2.24) is 24.7 Å². The molecule has 0 aliphatic carbocycles. The molecule has 0 saturated carbocycles. The predicted octanol–water partition coefficient (Wildman–Crippen LogP) is -1.05. The standard InChI is InChI=1S/C17H22N6O5S/c1-11-19-20-16(28-11)12-4-3-5-13(10-12)29(26,27)21-14(15(18)24)17(25)23-8-6-22(2)7-9-23/h3-5,10,14,21H,6-9H2,1-2H3,(H2,18,24)/t14-/m0/s1. The van der Waals surface area contributed by atoms with E-state index in [0.29, 0.717) is 37.6 Å². The van der Waals surface area contributed by atoms with Gasteiger partial charge in [-0.1, -0.05) is 6.07 Å². The van der Waals surface area contributed by atoms with Crippen molar-refractivity contribution in [3.8, 4) is 11.5 Å². The maximum absolute atomic E-state index is 12.8. The monoisotopic (exact) mass is 422 g/mol. The number of carbonyl (C=O) groups is 2. The Bertz CT molecular complexity index is 1010. The minimum Gasteiger partial charge on any atom is -0.421 e. The smallest absolute Gasteiger partial charge is 0.250 e. The minimum atomic E-state index is -4.22. The molecule has 2 amide bonds. The second kappa shape index (κ2) is 8.27. The number of likely N-dealkylation sites (N-methyl/N-ethyl adjacent to an activating group) is 1. The van der Waals surface area contributed by atoms with E-state index in [4.69, 9.17) is 10.2 Å². The van der Waals surface area contributed by atoms with E-state index in [1.165, 1.54) is 23.1 Å². The van der Waals surface area contributed by atoms with Crippen LogP contribution in [0.25, 0.3) is 11.5 Å². The number of hydrogen-bond donors (Lipinski definition) is 2. The number of nitrogens with zero attached hydrogens (tertiary/aromatic N) is 4. The lowest BCUT2D eigenvalue weighted by Crippen LogP contribution is -2.58. The number of primary amides is 1. The first-order valence-corrected chi connectivity index (χ1v) is 10.4. The molecule has 0 radical (unpaired) electrons. The average molecular weight is 422 g/mol. The Morgan fingerprint density at radius 3 is 2.48 bits per heavy atom. The lowest BCUT2D eigenvalue weighted by molar-refractivity contribution is -0.138. The molecule has 29 heavy (non-hydrogen) atoms. The van der Waals surface area contributed by atoms with Gasteiger partial charge in [0.1, 0.15) is 0 Å². The van der Waals surface area contributed by atoms with Gasteiger partial charge in [0.25, 0.3) is 5.91 Å². The van der Waals surface area contributed by atoms with E-state index in [1.54, 1.807) is 13.0 Å². The number of aryl methyl sites for hydroxylation is 1. The number of benzene rings is 1. The lowest BCUT2D eigenvalue weighted by atomic mass is 10.2. The van der Waals surface area contributed by atoms with E-state index >= 15 is 0 Å². The van der Waals surface area contributed by atoms with Gasteiger partial charge in [0.2, 0.25) is 27.7 Å². The molecule has 1 saturated heterocycles. The van der Waals surface area contributed by atoms with Crippen LogP contribution in [0, 0.1) is 6.92 Å². The van der Waals surface area contributed by atoms with Gasteiger partial charge in [-0.15, -0.1) is 10.2 Å². The number of amides is 2.